The van der Waals surface area contributed by atoms with Crippen LogP contribution < -0.4 is 5.32 Å². The molecule has 7 nitrogen and oxygen atoms in total. The van der Waals surface area contributed by atoms with Crippen LogP contribution in [0.2, 0.25) is 0 Å². The molecule has 172 valence electrons. The Kier molecular flexibility index (Phi) is 7.78. The molecule has 0 bridgehead atoms. The molecule has 1 aromatic heterocycles. The number of rotatable bonds is 9. The van der Waals surface area contributed by atoms with Gasteiger partial charge in [-0.1, -0.05) is 20.3 Å². The lowest BCUT2D eigenvalue weighted by atomic mass is 10.0. The first-order valence-electron chi connectivity index (χ1n) is 11.4. The van der Waals surface area contributed by atoms with Crippen molar-refractivity contribution in [2.75, 3.05) is 32.7 Å². The number of carbonyl (C=O) groups excluding carboxylic acids is 1. The number of aryl methyl sites for hydroxylation is 1. The van der Waals surface area contributed by atoms with E-state index in [0.29, 0.717) is 31.4 Å². The minimum absolute atomic E-state index is 0.126. The fraction of sp³-hybridized carbons (Fsp3) is 0.609. The lowest BCUT2D eigenvalue weighted by molar-refractivity contribution is 0.0941. The highest BCUT2D eigenvalue weighted by molar-refractivity contribution is 7.89. The third-order valence-corrected chi connectivity index (χ3v) is 8.48. The molecule has 0 saturated carbocycles. The summed E-state index contributed by atoms with van der Waals surface area (Å²) in [5, 5.41) is 3.78. The van der Waals surface area contributed by atoms with Gasteiger partial charge in [-0.15, -0.1) is 0 Å². The summed E-state index contributed by atoms with van der Waals surface area (Å²) >= 11 is 0. The average molecular weight is 449 g/mol. The number of piperidine rings is 1. The molecule has 1 saturated heterocycles. The second kappa shape index (κ2) is 10.1. The molecule has 3 rings (SSSR count). The molecular formula is C23H36N4O3S. The summed E-state index contributed by atoms with van der Waals surface area (Å²) in [4.78, 5) is 15.5. The van der Waals surface area contributed by atoms with Gasteiger partial charge in [-0.2, -0.15) is 4.31 Å². The number of hydrogen-bond donors (Lipinski definition) is 1. The largest absolute Gasteiger partial charge is 0.351 e. The molecule has 31 heavy (non-hydrogen) atoms. The zero-order chi connectivity index (χ0) is 22.6. The third kappa shape index (κ3) is 5.13. The van der Waals surface area contributed by atoms with Gasteiger partial charge >= 0.3 is 0 Å². The summed E-state index contributed by atoms with van der Waals surface area (Å²) in [5.41, 5.74) is 1.38. The lowest BCUT2D eigenvalue weighted by Gasteiger charge is -2.33. The Balaban J connectivity index is 1.68. The highest BCUT2D eigenvalue weighted by Gasteiger charge is 2.23. The van der Waals surface area contributed by atoms with Gasteiger partial charge in [-0.25, -0.2) is 8.42 Å². The van der Waals surface area contributed by atoms with Crippen LogP contribution in [0.5, 0.6) is 0 Å². The van der Waals surface area contributed by atoms with Crippen molar-refractivity contribution in [1.82, 2.24) is 19.1 Å². The van der Waals surface area contributed by atoms with Gasteiger partial charge in [0.15, 0.2) is 0 Å². The molecule has 0 radical (unpaired) electrons. The Hall–Kier alpha value is -1.90. The highest BCUT2D eigenvalue weighted by atomic mass is 32.2. The molecule has 8 heteroatoms. The summed E-state index contributed by atoms with van der Waals surface area (Å²) in [7, 11) is -1.69. The molecular weight excluding hydrogens is 412 g/mol. The number of nitrogens with one attached hydrogen (secondary N) is 1. The molecule has 0 spiro atoms. The average Bonchev–Trinajstić information content (AvgIpc) is 3.09. The van der Waals surface area contributed by atoms with Gasteiger partial charge in [0.05, 0.1) is 4.90 Å². The Bertz CT molecular complexity index is 1010. The molecule has 1 aromatic carbocycles. The van der Waals surface area contributed by atoms with Crippen LogP contribution in [-0.4, -0.2) is 66.9 Å². The van der Waals surface area contributed by atoms with Crippen molar-refractivity contribution >= 4 is 26.8 Å². The van der Waals surface area contributed by atoms with Gasteiger partial charge in [-0.3, -0.25) is 4.79 Å². The van der Waals surface area contributed by atoms with E-state index in [1.165, 1.54) is 23.6 Å². The Morgan fingerprint density at radius 3 is 2.61 bits per heavy atom. The van der Waals surface area contributed by atoms with Crippen molar-refractivity contribution in [3.8, 4) is 0 Å². The number of amides is 1. The predicted octanol–water partition coefficient (Wildman–Crippen LogP) is 3.20. The van der Waals surface area contributed by atoms with Crippen LogP contribution >= 0.6 is 0 Å². The van der Waals surface area contributed by atoms with Crippen LogP contribution in [0.15, 0.2) is 29.2 Å². The topological polar surface area (TPSA) is 74.7 Å². The number of likely N-dealkylation sites (tertiary alicyclic amines) is 1. The number of sulfonamides is 1. The molecule has 1 amide bonds. The maximum atomic E-state index is 12.8. The number of carbonyl (C=O) groups is 1. The molecule has 2 aromatic rings. The third-order valence-electron chi connectivity index (χ3n) is 6.44. The van der Waals surface area contributed by atoms with Gasteiger partial charge in [-0.05, 0) is 57.0 Å². The second-order valence-corrected chi connectivity index (χ2v) is 10.3. The minimum atomic E-state index is -3.53. The first kappa shape index (κ1) is 23.8. The molecule has 1 N–H and O–H groups in total. The molecule has 2 heterocycles. The normalized spacial score (nSPS) is 18.0. The van der Waals surface area contributed by atoms with E-state index >= 15 is 0 Å². The van der Waals surface area contributed by atoms with E-state index < -0.39 is 10.0 Å². The van der Waals surface area contributed by atoms with Gasteiger partial charge in [0.25, 0.3) is 5.91 Å². The van der Waals surface area contributed by atoms with Crippen molar-refractivity contribution in [2.24, 2.45) is 7.05 Å². The molecule has 1 aliphatic rings. The Morgan fingerprint density at radius 1 is 1.19 bits per heavy atom. The number of aromatic nitrogens is 1. The van der Waals surface area contributed by atoms with E-state index in [9.17, 15) is 13.2 Å². The van der Waals surface area contributed by atoms with Crippen molar-refractivity contribution in [3.05, 3.63) is 30.0 Å². The maximum Gasteiger partial charge on any atom is 0.267 e. The van der Waals surface area contributed by atoms with Crippen LogP contribution in [0, 0.1) is 0 Å². The summed E-state index contributed by atoms with van der Waals surface area (Å²) < 4.78 is 28.9. The van der Waals surface area contributed by atoms with E-state index in [1.54, 1.807) is 24.3 Å². The number of nitrogens with zero attached hydrogens (tertiary/aromatic N) is 3. The quantitative estimate of drug-likeness (QED) is 0.598. The summed E-state index contributed by atoms with van der Waals surface area (Å²) in [6, 6.07) is 7.47. The van der Waals surface area contributed by atoms with E-state index in [1.807, 2.05) is 25.5 Å². The van der Waals surface area contributed by atoms with Crippen molar-refractivity contribution < 1.29 is 13.2 Å². The highest BCUT2D eigenvalue weighted by Crippen LogP contribution is 2.24. The molecule has 0 unspecified atom stereocenters. The van der Waals surface area contributed by atoms with E-state index in [4.69, 9.17) is 0 Å². The van der Waals surface area contributed by atoms with Crippen molar-refractivity contribution in [1.29, 1.82) is 0 Å². The molecule has 1 fully saturated rings. The van der Waals surface area contributed by atoms with Gasteiger partial charge in [0.2, 0.25) is 10.0 Å². The van der Waals surface area contributed by atoms with E-state index in [-0.39, 0.29) is 10.8 Å². The number of hydrogen-bond acceptors (Lipinski definition) is 4. The second-order valence-electron chi connectivity index (χ2n) is 8.39. The lowest BCUT2D eigenvalue weighted by Crippen LogP contribution is -2.39. The zero-order valence-electron chi connectivity index (χ0n) is 19.2. The van der Waals surface area contributed by atoms with Crippen LogP contribution in [0.3, 0.4) is 0 Å². The van der Waals surface area contributed by atoms with E-state index in [2.05, 4.69) is 17.1 Å². The Morgan fingerprint density at radius 2 is 1.94 bits per heavy atom. The fourth-order valence-electron chi connectivity index (χ4n) is 4.48. The molecule has 0 aliphatic carbocycles. The first-order valence-corrected chi connectivity index (χ1v) is 12.9. The van der Waals surface area contributed by atoms with Gasteiger partial charge in [0, 0.05) is 50.2 Å². The smallest absolute Gasteiger partial charge is 0.267 e. The maximum absolute atomic E-state index is 12.8. The van der Waals surface area contributed by atoms with Crippen LogP contribution in [0.25, 0.3) is 10.9 Å². The first-order chi connectivity index (χ1) is 14.8. The SMILES string of the molecule is CCN(CC)S(=O)(=O)c1ccc2c(c1)cc(C(=O)NCCCN1CCCC[C@@H]1C)n2C. The molecule has 1 aliphatic heterocycles. The van der Waals surface area contributed by atoms with Crippen molar-refractivity contribution in [2.45, 2.75) is 57.4 Å². The van der Waals surface area contributed by atoms with E-state index in [0.717, 1.165) is 30.4 Å². The number of benzene rings is 1. The number of fused-ring (bicyclic) bond motifs is 1. The van der Waals surface area contributed by atoms with Crippen LogP contribution in [0.4, 0.5) is 0 Å². The summed E-state index contributed by atoms with van der Waals surface area (Å²) in [6.07, 6.45) is 4.76. The predicted molar refractivity (Wildman–Crippen MR) is 125 cm³/mol. The van der Waals surface area contributed by atoms with Crippen molar-refractivity contribution in [3.63, 3.8) is 0 Å². The Labute approximate surface area is 186 Å². The minimum Gasteiger partial charge on any atom is -0.351 e. The standard InChI is InChI=1S/C23H36N4O3S/c1-5-27(6-2)31(29,30)20-11-12-21-19(16-20)17-22(25(21)4)23(28)24-13-9-15-26-14-8-7-10-18(26)3/h11-12,16-18H,5-10,13-15H2,1-4H3,(H,24,28)/t18-/m0/s1. The monoisotopic (exact) mass is 448 g/mol. The summed E-state index contributed by atoms with van der Waals surface area (Å²) in [5.74, 6) is -0.126. The molecule has 1 atom stereocenters. The zero-order valence-corrected chi connectivity index (χ0v) is 20.0. The van der Waals surface area contributed by atoms with Gasteiger partial charge < -0.3 is 14.8 Å². The van der Waals surface area contributed by atoms with Crippen LogP contribution in [0.1, 0.15) is 56.9 Å². The summed E-state index contributed by atoms with van der Waals surface area (Å²) in [6.45, 7) is 9.57. The van der Waals surface area contributed by atoms with Gasteiger partial charge in [0.1, 0.15) is 5.69 Å². The fourth-order valence-corrected chi connectivity index (χ4v) is 5.98. The van der Waals surface area contributed by atoms with Crippen LogP contribution in [-0.2, 0) is 17.1 Å².